The molecule has 0 bridgehead atoms. The first kappa shape index (κ1) is 17.6. The van der Waals surface area contributed by atoms with Crippen LogP contribution in [0.1, 0.15) is 25.7 Å². The molecule has 1 aliphatic rings. The maximum Gasteiger partial charge on any atom is 0.389 e. The van der Waals surface area contributed by atoms with Gasteiger partial charge in [-0.2, -0.15) is 17.5 Å². The van der Waals surface area contributed by atoms with Crippen LogP contribution < -0.4 is 0 Å². The average molecular weight is 354 g/mol. The topological polar surface area (TPSA) is 50.3 Å². The van der Waals surface area contributed by atoms with E-state index < -0.39 is 22.6 Å². The number of rotatable bonds is 5. The van der Waals surface area contributed by atoms with E-state index in [1.54, 1.807) is 0 Å². The van der Waals surface area contributed by atoms with Crippen molar-refractivity contribution in [3.63, 3.8) is 0 Å². The Morgan fingerprint density at radius 3 is 2.41 bits per heavy atom. The largest absolute Gasteiger partial charge is 0.389 e. The van der Waals surface area contributed by atoms with E-state index in [9.17, 15) is 21.6 Å². The van der Waals surface area contributed by atoms with E-state index in [1.165, 1.54) is 22.6 Å². The third-order valence-corrected chi connectivity index (χ3v) is 6.13. The van der Waals surface area contributed by atoms with E-state index in [0.29, 0.717) is 18.1 Å². The van der Waals surface area contributed by atoms with Gasteiger partial charge in [0.2, 0.25) is 10.0 Å². The normalized spacial score (nSPS) is 17.6. The van der Waals surface area contributed by atoms with Crippen molar-refractivity contribution in [3.05, 3.63) is 18.3 Å². The minimum atomic E-state index is -4.19. The summed E-state index contributed by atoms with van der Waals surface area (Å²) < 4.78 is 62.4. The first-order chi connectivity index (χ1) is 10.3. The Kier molecular flexibility index (Phi) is 5.73. The zero-order valence-electron chi connectivity index (χ0n) is 11.8. The second-order valence-electron chi connectivity index (χ2n) is 5.01. The fourth-order valence-corrected chi connectivity index (χ4v) is 4.43. The molecule has 1 aliphatic heterocycles. The Hall–Kier alpha value is -0.800. The molecule has 9 heteroatoms. The molecule has 1 aromatic rings. The first-order valence-electron chi connectivity index (χ1n) is 6.95. The van der Waals surface area contributed by atoms with Crippen molar-refractivity contribution >= 4 is 21.8 Å². The highest BCUT2D eigenvalue weighted by atomic mass is 32.2. The standard InChI is InChI=1S/C13H17F3N2O2S2/c14-13(15,16)6-9-21-12-5-4-11(10-17-12)22(19,20)18-7-2-1-3-8-18/h4-5,10H,1-3,6-9H2. The Balaban J connectivity index is 1.99. The fraction of sp³-hybridized carbons (Fsp3) is 0.615. The average Bonchev–Trinajstić information content (AvgIpc) is 2.47. The highest BCUT2D eigenvalue weighted by Crippen LogP contribution is 2.26. The molecule has 0 aliphatic carbocycles. The molecule has 0 unspecified atom stereocenters. The van der Waals surface area contributed by atoms with Crippen molar-refractivity contribution < 1.29 is 21.6 Å². The summed E-state index contributed by atoms with van der Waals surface area (Å²) in [5.41, 5.74) is 0. The van der Waals surface area contributed by atoms with Crippen LogP contribution in [0.15, 0.2) is 28.3 Å². The van der Waals surface area contributed by atoms with E-state index in [4.69, 9.17) is 0 Å². The van der Waals surface area contributed by atoms with Crippen molar-refractivity contribution in [2.24, 2.45) is 0 Å². The van der Waals surface area contributed by atoms with Crippen molar-refractivity contribution in [1.29, 1.82) is 0 Å². The molecule has 2 heterocycles. The van der Waals surface area contributed by atoms with Crippen LogP contribution in [0.25, 0.3) is 0 Å². The predicted molar refractivity (Wildman–Crippen MR) is 78.2 cm³/mol. The van der Waals surface area contributed by atoms with Crippen molar-refractivity contribution in [3.8, 4) is 0 Å². The van der Waals surface area contributed by atoms with Crippen molar-refractivity contribution in [2.45, 2.75) is 41.8 Å². The Morgan fingerprint density at radius 2 is 1.86 bits per heavy atom. The molecular formula is C13H17F3N2O2S2. The number of pyridine rings is 1. The van der Waals surface area contributed by atoms with E-state index in [0.717, 1.165) is 31.0 Å². The second-order valence-corrected chi connectivity index (χ2v) is 8.06. The number of thioether (sulfide) groups is 1. The second kappa shape index (κ2) is 7.18. The highest BCUT2D eigenvalue weighted by molar-refractivity contribution is 7.99. The van der Waals surface area contributed by atoms with Gasteiger partial charge in [0.05, 0.1) is 11.4 Å². The Bertz CT molecular complexity index is 582. The number of hydrogen-bond acceptors (Lipinski definition) is 4. The van der Waals surface area contributed by atoms with Crippen LogP contribution in [0, 0.1) is 0 Å². The molecule has 1 aromatic heterocycles. The third-order valence-electron chi connectivity index (χ3n) is 3.30. The molecule has 0 saturated carbocycles. The summed E-state index contributed by atoms with van der Waals surface area (Å²) in [6.45, 7) is 1.01. The summed E-state index contributed by atoms with van der Waals surface area (Å²) in [6, 6.07) is 2.87. The maximum absolute atomic E-state index is 12.4. The Morgan fingerprint density at radius 1 is 1.18 bits per heavy atom. The van der Waals surface area contributed by atoms with E-state index in [2.05, 4.69) is 4.98 Å². The monoisotopic (exact) mass is 354 g/mol. The summed E-state index contributed by atoms with van der Waals surface area (Å²) in [5, 5.41) is 0.391. The van der Waals surface area contributed by atoms with Crippen molar-refractivity contribution in [1.82, 2.24) is 9.29 Å². The molecule has 0 atom stereocenters. The maximum atomic E-state index is 12.4. The predicted octanol–water partition coefficient (Wildman–Crippen LogP) is 3.30. The molecule has 4 nitrogen and oxygen atoms in total. The van der Waals surface area contributed by atoms with E-state index in [1.807, 2.05) is 0 Å². The highest BCUT2D eigenvalue weighted by Gasteiger charge is 2.27. The Labute approximate surface area is 132 Å². The molecular weight excluding hydrogens is 337 g/mol. The summed E-state index contributed by atoms with van der Waals surface area (Å²) in [4.78, 5) is 4.04. The summed E-state index contributed by atoms with van der Waals surface area (Å²) in [5.74, 6) is -0.130. The number of alkyl halides is 3. The zero-order chi connectivity index (χ0) is 16.2. The number of aromatic nitrogens is 1. The van der Waals surface area contributed by atoms with E-state index >= 15 is 0 Å². The molecule has 1 fully saturated rings. The van der Waals surface area contributed by atoms with E-state index in [-0.39, 0.29) is 10.6 Å². The molecule has 1 saturated heterocycles. The number of nitrogens with zero attached hydrogens (tertiary/aromatic N) is 2. The van der Waals surface area contributed by atoms with Gasteiger partial charge in [0, 0.05) is 25.0 Å². The number of sulfonamides is 1. The quantitative estimate of drug-likeness (QED) is 0.762. The lowest BCUT2D eigenvalue weighted by molar-refractivity contribution is -0.129. The number of halogens is 3. The minimum Gasteiger partial charge on any atom is -0.249 e. The van der Waals surface area contributed by atoms with Crippen LogP contribution in [0.4, 0.5) is 13.2 Å². The minimum absolute atomic E-state index is 0.0922. The fourth-order valence-electron chi connectivity index (χ4n) is 2.13. The van der Waals surface area contributed by atoms with Crippen LogP contribution >= 0.6 is 11.8 Å². The lowest BCUT2D eigenvalue weighted by atomic mass is 10.2. The van der Waals surface area contributed by atoms with Gasteiger partial charge in [0.1, 0.15) is 4.90 Å². The number of hydrogen-bond donors (Lipinski definition) is 0. The van der Waals surface area contributed by atoms with Gasteiger partial charge < -0.3 is 0 Å². The molecule has 0 amide bonds. The van der Waals surface area contributed by atoms with Gasteiger partial charge in [0.15, 0.2) is 0 Å². The van der Waals surface area contributed by atoms with Crippen LogP contribution in [0.3, 0.4) is 0 Å². The van der Waals surface area contributed by atoms with Gasteiger partial charge in [0.25, 0.3) is 0 Å². The summed E-state index contributed by atoms with van der Waals surface area (Å²) >= 11 is 0.963. The van der Waals surface area contributed by atoms with Gasteiger partial charge in [-0.25, -0.2) is 13.4 Å². The lowest BCUT2D eigenvalue weighted by Crippen LogP contribution is -2.35. The molecule has 2 rings (SSSR count). The zero-order valence-corrected chi connectivity index (χ0v) is 13.5. The van der Waals surface area contributed by atoms with Gasteiger partial charge in [-0.15, -0.1) is 11.8 Å². The van der Waals surface area contributed by atoms with Crippen molar-refractivity contribution in [2.75, 3.05) is 18.8 Å². The smallest absolute Gasteiger partial charge is 0.249 e. The van der Waals surface area contributed by atoms with Gasteiger partial charge in [-0.05, 0) is 25.0 Å². The molecule has 0 aromatic carbocycles. The van der Waals surface area contributed by atoms with Crippen LogP contribution in [-0.4, -0.2) is 42.7 Å². The number of piperidine rings is 1. The molecule has 0 radical (unpaired) electrons. The molecule has 0 spiro atoms. The summed E-state index contributed by atoms with van der Waals surface area (Å²) in [7, 11) is -3.54. The third kappa shape index (κ3) is 4.85. The molecule has 22 heavy (non-hydrogen) atoms. The van der Waals surface area contributed by atoms with Crippen LogP contribution in [0.2, 0.25) is 0 Å². The molecule has 124 valence electrons. The van der Waals surface area contributed by atoms with Crippen LogP contribution in [0.5, 0.6) is 0 Å². The lowest BCUT2D eigenvalue weighted by Gasteiger charge is -2.25. The molecule has 0 N–H and O–H groups in total. The SMILES string of the molecule is O=S(=O)(c1ccc(SCCC(F)(F)F)nc1)N1CCCCC1. The summed E-state index contributed by atoms with van der Waals surface area (Å²) in [6.07, 6.45) is -1.15. The first-order valence-corrected chi connectivity index (χ1v) is 9.37. The van der Waals surface area contributed by atoms with Gasteiger partial charge in [-0.1, -0.05) is 6.42 Å². The van der Waals surface area contributed by atoms with Gasteiger partial charge >= 0.3 is 6.18 Å². The van der Waals surface area contributed by atoms with Crippen LogP contribution in [-0.2, 0) is 10.0 Å². The van der Waals surface area contributed by atoms with Gasteiger partial charge in [-0.3, -0.25) is 0 Å².